The first-order valence-corrected chi connectivity index (χ1v) is 9.49. The van der Waals surface area contributed by atoms with Crippen LogP contribution >= 0.6 is 12.4 Å². The van der Waals surface area contributed by atoms with Crippen molar-refractivity contribution in [2.45, 2.75) is 71.1 Å². The smallest absolute Gasteiger partial charge is 0.243 e. The van der Waals surface area contributed by atoms with Gasteiger partial charge in [-0.15, -0.1) is 12.4 Å². The molecule has 1 aromatic rings. The molecule has 1 heterocycles. The molecule has 2 N–H and O–H groups in total. The van der Waals surface area contributed by atoms with E-state index in [2.05, 4.69) is 52.0 Å². The molecule has 0 bridgehead atoms. The molecule has 1 saturated carbocycles. The van der Waals surface area contributed by atoms with Gasteiger partial charge in [-0.05, 0) is 38.3 Å². The number of rotatable bonds is 4. The summed E-state index contributed by atoms with van der Waals surface area (Å²) in [7, 11) is 0. The van der Waals surface area contributed by atoms with Crippen molar-refractivity contribution in [3.63, 3.8) is 0 Å². The minimum atomic E-state index is -0.818. The van der Waals surface area contributed by atoms with Gasteiger partial charge >= 0.3 is 0 Å². The van der Waals surface area contributed by atoms with Gasteiger partial charge in [0.05, 0.1) is 6.10 Å². The average Bonchev–Trinajstić information content (AvgIpc) is 2.95. The second-order valence-electron chi connectivity index (χ2n) is 8.44. The van der Waals surface area contributed by atoms with Crippen molar-refractivity contribution in [2.24, 2.45) is 11.1 Å². The Hall–Kier alpha value is -1.10. The topological polar surface area (TPSA) is 55.6 Å². The van der Waals surface area contributed by atoms with E-state index in [1.165, 1.54) is 11.1 Å². The molecule has 4 atom stereocenters. The minimum absolute atomic E-state index is 0. The summed E-state index contributed by atoms with van der Waals surface area (Å²) < 4.78 is 5.78. The summed E-state index contributed by atoms with van der Waals surface area (Å²) in [5.41, 5.74) is 8.14. The lowest BCUT2D eigenvalue weighted by Crippen LogP contribution is -2.76. The van der Waals surface area contributed by atoms with Crippen LogP contribution in [-0.4, -0.2) is 41.6 Å². The highest BCUT2D eigenvalue weighted by Crippen LogP contribution is 2.51. The number of halogens is 1. The molecule has 3 rings (SSSR count). The maximum atomic E-state index is 13.3. The third kappa shape index (κ3) is 3.17. The number of nitrogens with two attached hydrogens (primary N) is 1. The third-order valence-electron chi connectivity index (χ3n) is 6.68. The molecule has 26 heavy (non-hydrogen) atoms. The zero-order valence-corrected chi connectivity index (χ0v) is 17.4. The molecule has 4 unspecified atom stereocenters. The zero-order valence-electron chi connectivity index (χ0n) is 16.6. The largest absolute Gasteiger partial charge is 0.378 e. The summed E-state index contributed by atoms with van der Waals surface area (Å²) in [5, 5.41) is 0. The summed E-state index contributed by atoms with van der Waals surface area (Å²) in [5.74, 6) is 0.492. The fourth-order valence-corrected chi connectivity index (χ4v) is 4.64. The highest BCUT2D eigenvalue weighted by Gasteiger charge is 2.64. The summed E-state index contributed by atoms with van der Waals surface area (Å²) >= 11 is 0. The van der Waals surface area contributed by atoms with Crippen LogP contribution in [0.3, 0.4) is 0 Å². The van der Waals surface area contributed by atoms with Crippen molar-refractivity contribution in [3.8, 4) is 0 Å². The lowest BCUT2D eigenvalue weighted by molar-refractivity contribution is -0.179. The van der Waals surface area contributed by atoms with E-state index in [4.69, 9.17) is 10.5 Å². The van der Waals surface area contributed by atoms with E-state index < -0.39 is 5.54 Å². The first kappa shape index (κ1) is 21.2. The fraction of sp³-hybridized carbons (Fsp3) is 0.667. The molecule has 1 amide bonds. The van der Waals surface area contributed by atoms with Crippen LogP contribution in [0.1, 0.15) is 57.6 Å². The molecule has 0 spiro atoms. The molecule has 1 aromatic carbocycles. The normalized spacial score (nSPS) is 32.7. The first-order chi connectivity index (χ1) is 11.7. The van der Waals surface area contributed by atoms with Gasteiger partial charge in [0.25, 0.3) is 0 Å². The number of hydrogen-bond donors (Lipinski definition) is 1. The highest BCUT2D eigenvalue weighted by atomic mass is 35.5. The average molecular weight is 381 g/mol. The summed E-state index contributed by atoms with van der Waals surface area (Å²) in [6.45, 7) is 11.8. The number of likely N-dealkylation sites (tertiary alicyclic amines) is 1. The van der Waals surface area contributed by atoms with Crippen LogP contribution in [0.2, 0.25) is 0 Å². The van der Waals surface area contributed by atoms with Crippen LogP contribution in [0, 0.1) is 12.3 Å². The Bertz CT molecular complexity index is 663. The maximum Gasteiger partial charge on any atom is 0.243 e. The molecule has 5 heteroatoms. The summed E-state index contributed by atoms with van der Waals surface area (Å²) in [4.78, 5) is 15.3. The van der Waals surface area contributed by atoms with E-state index in [0.717, 1.165) is 13.0 Å². The third-order valence-corrected chi connectivity index (χ3v) is 6.68. The Morgan fingerprint density at radius 1 is 1.35 bits per heavy atom. The Morgan fingerprint density at radius 2 is 2.00 bits per heavy atom. The van der Waals surface area contributed by atoms with Crippen LogP contribution in [0.4, 0.5) is 0 Å². The van der Waals surface area contributed by atoms with Crippen LogP contribution in [0.25, 0.3) is 0 Å². The van der Waals surface area contributed by atoms with Gasteiger partial charge in [-0.25, -0.2) is 0 Å². The maximum absolute atomic E-state index is 13.3. The van der Waals surface area contributed by atoms with Crippen molar-refractivity contribution < 1.29 is 9.53 Å². The Kier molecular flexibility index (Phi) is 6.11. The number of ether oxygens (including phenoxy) is 1. The second kappa shape index (κ2) is 7.49. The predicted molar refractivity (Wildman–Crippen MR) is 108 cm³/mol. The van der Waals surface area contributed by atoms with Crippen LogP contribution in [0.15, 0.2) is 24.3 Å². The Labute approximate surface area is 163 Å². The minimum Gasteiger partial charge on any atom is -0.378 e. The van der Waals surface area contributed by atoms with Crippen LogP contribution in [0.5, 0.6) is 0 Å². The number of benzene rings is 1. The van der Waals surface area contributed by atoms with Gasteiger partial charge in [0.15, 0.2) is 0 Å². The van der Waals surface area contributed by atoms with Crippen LogP contribution in [-0.2, 0) is 9.53 Å². The zero-order chi connectivity index (χ0) is 18.4. The molecule has 0 aromatic heterocycles. The second-order valence-corrected chi connectivity index (χ2v) is 8.44. The first-order valence-electron chi connectivity index (χ1n) is 9.49. The molecule has 2 fully saturated rings. The molecule has 2 aliphatic rings. The summed E-state index contributed by atoms with van der Waals surface area (Å²) in [6.07, 6.45) is 1.68. The van der Waals surface area contributed by atoms with Crippen molar-refractivity contribution in [1.29, 1.82) is 0 Å². The standard InChI is InChI=1S/C21H32N2O2.ClH/c1-6-25-18-12-21(22,20(18,4)5)19(24)23-13-16(11-15(23)3)17-10-8-7-9-14(17)2;/h7-10,15-16,18H,6,11-13,22H2,1-5H3;1H. The van der Waals surface area contributed by atoms with Gasteiger partial charge in [-0.3, -0.25) is 4.79 Å². The van der Waals surface area contributed by atoms with Crippen LogP contribution < -0.4 is 5.73 Å². The Morgan fingerprint density at radius 3 is 2.58 bits per heavy atom. The highest BCUT2D eigenvalue weighted by molar-refractivity contribution is 5.89. The molecular formula is C21H33ClN2O2. The van der Waals surface area contributed by atoms with Gasteiger partial charge in [0.1, 0.15) is 5.54 Å². The lowest BCUT2D eigenvalue weighted by atomic mass is 9.54. The number of carbonyl (C=O) groups is 1. The number of aryl methyl sites for hydroxylation is 1. The number of hydrogen-bond acceptors (Lipinski definition) is 3. The van der Waals surface area contributed by atoms with Crippen molar-refractivity contribution in [3.05, 3.63) is 35.4 Å². The van der Waals surface area contributed by atoms with E-state index in [0.29, 0.717) is 18.9 Å². The van der Waals surface area contributed by atoms with Gasteiger partial charge in [0.2, 0.25) is 5.91 Å². The van der Waals surface area contributed by atoms with Crippen molar-refractivity contribution in [1.82, 2.24) is 4.90 Å². The van der Waals surface area contributed by atoms with Gasteiger partial charge in [-0.1, -0.05) is 38.1 Å². The monoisotopic (exact) mass is 380 g/mol. The molecule has 146 valence electrons. The van der Waals surface area contributed by atoms with E-state index in [9.17, 15) is 4.79 Å². The summed E-state index contributed by atoms with van der Waals surface area (Å²) in [6, 6.07) is 8.72. The Balaban J connectivity index is 0.00000243. The molecule has 4 nitrogen and oxygen atoms in total. The van der Waals surface area contributed by atoms with E-state index >= 15 is 0 Å². The van der Waals surface area contributed by atoms with Crippen molar-refractivity contribution >= 4 is 18.3 Å². The van der Waals surface area contributed by atoms with Gasteiger partial charge in [0, 0.05) is 36.9 Å². The van der Waals surface area contributed by atoms with E-state index in [1.807, 2.05) is 11.8 Å². The van der Waals surface area contributed by atoms with E-state index in [-0.39, 0.29) is 35.9 Å². The van der Waals surface area contributed by atoms with Crippen molar-refractivity contribution in [2.75, 3.05) is 13.2 Å². The molecule has 1 aliphatic heterocycles. The van der Waals surface area contributed by atoms with Gasteiger partial charge < -0.3 is 15.4 Å². The number of nitrogens with zero attached hydrogens (tertiary/aromatic N) is 1. The number of amides is 1. The van der Waals surface area contributed by atoms with Gasteiger partial charge in [-0.2, -0.15) is 0 Å². The predicted octanol–water partition coefficient (Wildman–Crippen LogP) is 3.65. The fourth-order valence-electron chi connectivity index (χ4n) is 4.64. The lowest BCUT2D eigenvalue weighted by Gasteiger charge is -2.58. The molecule has 1 aliphatic carbocycles. The number of carbonyl (C=O) groups excluding carboxylic acids is 1. The van der Waals surface area contributed by atoms with E-state index in [1.54, 1.807) is 0 Å². The SMILES string of the molecule is CCOC1CC(N)(C(=O)N2CC(c3ccccc3C)CC2C)C1(C)C.Cl. The quantitative estimate of drug-likeness (QED) is 0.867. The molecule has 1 saturated heterocycles. The molecular weight excluding hydrogens is 348 g/mol. The molecule has 0 radical (unpaired) electrons.